The van der Waals surface area contributed by atoms with Crippen LogP contribution in [0.2, 0.25) is 0 Å². The molecule has 0 saturated carbocycles. The number of carbonyl (C=O) groups is 2. The first-order valence-electron chi connectivity index (χ1n) is 13.8. The molecule has 40 heavy (non-hydrogen) atoms. The van der Waals surface area contributed by atoms with E-state index in [1.807, 2.05) is 25.1 Å². The normalized spacial score (nSPS) is 20.0. The molecule has 3 aliphatic rings. The Labute approximate surface area is 234 Å². The molecule has 0 atom stereocenters. The number of nitrogens with one attached hydrogen (secondary N) is 1. The Hall–Kier alpha value is -3.94. The first-order chi connectivity index (χ1) is 18.9. The Morgan fingerprint density at radius 2 is 1.43 bits per heavy atom. The number of nitro benzene ring substituents is 1. The van der Waals surface area contributed by atoms with Gasteiger partial charge >= 0.3 is 0 Å². The average Bonchev–Trinajstić information content (AvgIpc) is 2.85. The topological polar surface area (TPSA) is 108 Å². The second-order valence-corrected chi connectivity index (χ2v) is 12.6. The van der Waals surface area contributed by atoms with Crippen LogP contribution in [0.1, 0.15) is 77.3 Å². The highest BCUT2D eigenvalue weighted by Crippen LogP contribution is 2.51. The molecule has 0 radical (unpaired) electrons. The van der Waals surface area contributed by atoms with Crippen LogP contribution in [0.3, 0.4) is 0 Å². The average molecular weight is 545 g/mol. The number of allylic oxidation sites excluding steroid dienone is 4. The van der Waals surface area contributed by atoms with Crippen molar-refractivity contribution in [2.45, 2.75) is 72.8 Å². The fourth-order valence-electron chi connectivity index (χ4n) is 6.19. The summed E-state index contributed by atoms with van der Waals surface area (Å²) < 4.78 is 12.0. The van der Waals surface area contributed by atoms with Crippen LogP contribution < -0.4 is 14.8 Å². The number of hydrogen-bond acceptors (Lipinski definition) is 7. The van der Waals surface area contributed by atoms with Crippen LogP contribution >= 0.6 is 0 Å². The van der Waals surface area contributed by atoms with E-state index in [-0.39, 0.29) is 34.7 Å². The molecule has 0 fully saturated rings. The van der Waals surface area contributed by atoms with Crippen LogP contribution in [0.4, 0.5) is 5.69 Å². The van der Waals surface area contributed by atoms with Crippen LogP contribution in [-0.2, 0) is 16.2 Å². The first-order valence-corrected chi connectivity index (χ1v) is 13.8. The van der Waals surface area contributed by atoms with Crippen molar-refractivity contribution in [3.05, 3.63) is 86.2 Å². The zero-order chi connectivity index (χ0) is 28.8. The van der Waals surface area contributed by atoms with Crippen molar-refractivity contribution >= 4 is 17.3 Å². The Balaban J connectivity index is 1.53. The molecule has 1 heterocycles. The highest BCUT2D eigenvalue weighted by molar-refractivity contribution is 6.06. The lowest BCUT2D eigenvalue weighted by Crippen LogP contribution is -2.42. The number of nitrogens with zero attached hydrogens (tertiary/aromatic N) is 1. The summed E-state index contributed by atoms with van der Waals surface area (Å²) in [6, 6.07) is 11.8. The second kappa shape index (κ2) is 10.2. The van der Waals surface area contributed by atoms with E-state index in [9.17, 15) is 19.7 Å². The minimum Gasteiger partial charge on any atom is -0.490 e. The lowest BCUT2D eigenvalue weighted by atomic mass is 9.64. The molecule has 0 unspecified atom stereocenters. The van der Waals surface area contributed by atoms with Gasteiger partial charge < -0.3 is 14.8 Å². The maximum atomic E-state index is 13.6. The summed E-state index contributed by atoms with van der Waals surface area (Å²) in [4.78, 5) is 37.7. The van der Waals surface area contributed by atoms with Gasteiger partial charge in [0.15, 0.2) is 23.1 Å². The monoisotopic (exact) mass is 544 g/mol. The number of Topliss-reactive ketones (excluding diaryl/α,β-unsaturated/α-hetero) is 2. The van der Waals surface area contributed by atoms with Gasteiger partial charge in [-0.1, -0.05) is 33.8 Å². The number of rotatable bonds is 7. The summed E-state index contributed by atoms with van der Waals surface area (Å²) >= 11 is 0. The Bertz CT molecular complexity index is 1400. The van der Waals surface area contributed by atoms with E-state index in [1.54, 1.807) is 12.1 Å². The van der Waals surface area contributed by atoms with Gasteiger partial charge in [0.1, 0.15) is 6.61 Å². The van der Waals surface area contributed by atoms with Gasteiger partial charge in [0, 0.05) is 53.4 Å². The standard InChI is InChI=1S/C32H36N2O6/c1-6-39-27-13-20(9-12-26(27)40-18-19-7-10-21(11-8-19)34(37)38)28-29-22(14-31(2,3)16-24(29)35)33-23-15-32(4,5)17-25(36)30(23)28/h7-13,28,33H,6,14-18H2,1-5H3. The van der Waals surface area contributed by atoms with Crippen molar-refractivity contribution in [2.24, 2.45) is 10.8 Å². The van der Waals surface area contributed by atoms with Crippen LogP contribution in [0.5, 0.6) is 11.5 Å². The quantitative estimate of drug-likeness (QED) is 0.311. The SMILES string of the molecule is CCOc1cc(C2C3=C(CC(C)(C)CC3=O)NC3=C2C(=O)CC(C)(C)C3)ccc1OCc1ccc([N+](=O)[O-])cc1. The Kier molecular flexibility index (Phi) is 7.06. The highest BCUT2D eigenvalue weighted by atomic mass is 16.6. The molecule has 2 aromatic carbocycles. The number of dihydropyridines is 1. The van der Waals surface area contributed by atoms with Gasteiger partial charge in [-0.2, -0.15) is 0 Å². The van der Waals surface area contributed by atoms with E-state index in [4.69, 9.17) is 9.47 Å². The first kappa shape index (κ1) is 27.6. The van der Waals surface area contributed by atoms with Gasteiger partial charge in [0.25, 0.3) is 5.69 Å². The molecule has 2 aliphatic carbocycles. The van der Waals surface area contributed by atoms with Crippen molar-refractivity contribution in [3.8, 4) is 11.5 Å². The third-order valence-corrected chi connectivity index (χ3v) is 7.86. The minimum atomic E-state index is -0.457. The number of carbonyl (C=O) groups excluding carboxylic acids is 2. The maximum Gasteiger partial charge on any atom is 0.269 e. The molecule has 2 aromatic rings. The molecule has 210 valence electrons. The zero-order valence-corrected chi connectivity index (χ0v) is 23.8. The molecular formula is C32H36N2O6. The molecule has 0 saturated heterocycles. The summed E-state index contributed by atoms with van der Waals surface area (Å²) in [5.74, 6) is 0.737. The zero-order valence-electron chi connectivity index (χ0n) is 23.8. The van der Waals surface area contributed by atoms with Crippen molar-refractivity contribution in [3.63, 3.8) is 0 Å². The number of nitro groups is 1. The Morgan fingerprint density at radius 1 is 0.850 bits per heavy atom. The van der Waals surface area contributed by atoms with E-state index in [2.05, 4.69) is 33.0 Å². The summed E-state index contributed by atoms with van der Waals surface area (Å²) in [5, 5.41) is 14.5. The van der Waals surface area contributed by atoms with Gasteiger partial charge in [-0.05, 0) is 66.0 Å². The van der Waals surface area contributed by atoms with Gasteiger partial charge in [0.05, 0.1) is 11.5 Å². The molecule has 8 nitrogen and oxygen atoms in total. The van der Waals surface area contributed by atoms with Crippen LogP contribution in [0, 0.1) is 20.9 Å². The second-order valence-electron chi connectivity index (χ2n) is 12.6. The summed E-state index contributed by atoms with van der Waals surface area (Å²) in [7, 11) is 0. The van der Waals surface area contributed by atoms with Crippen molar-refractivity contribution < 1.29 is 24.0 Å². The van der Waals surface area contributed by atoms with Gasteiger partial charge in [-0.3, -0.25) is 19.7 Å². The molecule has 0 amide bonds. The van der Waals surface area contributed by atoms with Gasteiger partial charge in [-0.25, -0.2) is 0 Å². The molecule has 5 rings (SSSR count). The number of ether oxygens (including phenoxy) is 2. The third kappa shape index (κ3) is 5.40. The van der Waals surface area contributed by atoms with Crippen LogP contribution in [-0.4, -0.2) is 23.1 Å². The predicted molar refractivity (Wildman–Crippen MR) is 151 cm³/mol. The lowest BCUT2D eigenvalue weighted by molar-refractivity contribution is -0.384. The summed E-state index contributed by atoms with van der Waals surface area (Å²) in [5.41, 5.74) is 4.53. The van der Waals surface area contributed by atoms with E-state index < -0.39 is 10.8 Å². The smallest absolute Gasteiger partial charge is 0.269 e. The third-order valence-electron chi connectivity index (χ3n) is 7.86. The molecule has 0 bridgehead atoms. The molecule has 0 spiro atoms. The van der Waals surface area contributed by atoms with Gasteiger partial charge in [0.2, 0.25) is 0 Å². The fraction of sp³-hybridized carbons (Fsp3) is 0.438. The molecule has 8 heteroatoms. The maximum absolute atomic E-state index is 13.6. The minimum absolute atomic E-state index is 0.0220. The summed E-state index contributed by atoms with van der Waals surface area (Å²) in [6.45, 7) is 10.9. The van der Waals surface area contributed by atoms with E-state index in [0.29, 0.717) is 42.1 Å². The molecule has 1 aliphatic heterocycles. The van der Waals surface area contributed by atoms with E-state index in [0.717, 1.165) is 35.4 Å². The number of hydrogen-bond donors (Lipinski definition) is 1. The summed E-state index contributed by atoms with van der Waals surface area (Å²) in [6.07, 6.45) is 2.34. The lowest BCUT2D eigenvalue weighted by Gasteiger charge is -2.44. The fourth-order valence-corrected chi connectivity index (χ4v) is 6.19. The van der Waals surface area contributed by atoms with Crippen molar-refractivity contribution in [1.82, 2.24) is 5.32 Å². The molecule has 0 aromatic heterocycles. The number of non-ortho nitro benzene ring substituents is 1. The molecule has 1 N–H and O–H groups in total. The number of ketones is 2. The largest absolute Gasteiger partial charge is 0.490 e. The van der Waals surface area contributed by atoms with E-state index >= 15 is 0 Å². The van der Waals surface area contributed by atoms with Gasteiger partial charge in [-0.15, -0.1) is 0 Å². The number of benzene rings is 2. The van der Waals surface area contributed by atoms with Crippen molar-refractivity contribution in [2.75, 3.05) is 6.61 Å². The van der Waals surface area contributed by atoms with Crippen LogP contribution in [0.25, 0.3) is 0 Å². The van der Waals surface area contributed by atoms with Crippen molar-refractivity contribution in [1.29, 1.82) is 0 Å². The molecular weight excluding hydrogens is 508 g/mol. The Morgan fingerprint density at radius 3 is 1.95 bits per heavy atom. The highest BCUT2D eigenvalue weighted by Gasteiger charge is 2.46. The van der Waals surface area contributed by atoms with E-state index in [1.165, 1.54) is 12.1 Å². The van der Waals surface area contributed by atoms with Crippen LogP contribution in [0.15, 0.2) is 65.0 Å². The predicted octanol–water partition coefficient (Wildman–Crippen LogP) is 6.55.